The zero-order chi connectivity index (χ0) is 15.6. The van der Waals surface area contributed by atoms with Crippen molar-refractivity contribution in [3.05, 3.63) is 24.3 Å². The standard InChI is InChI=1S/C18H27N3S/c1-2-16-22-18-9-5-4-8-17(18)21-14-12-20(13-15-21)11-7-3-6-10-19/h4-5,8-9H,2-3,6-7,11-16H2,1H3. The van der Waals surface area contributed by atoms with E-state index in [9.17, 15) is 0 Å². The summed E-state index contributed by atoms with van der Waals surface area (Å²) < 4.78 is 0. The number of piperazine rings is 1. The van der Waals surface area contributed by atoms with Crippen LogP contribution in [-0.2, 0) is 0 Å². The van der Waals surface area contributed by atoms with Gasteiger partial charge in [0.05, 0.1) is 11.8 Å². The highest BCUT2D eigenvalue weighted by molar-refractivity contribution is 7.99. The Balaban J connectivity index is 1.82. The van der Waals surface area contributed by atoms with E-state index in [4.69, 9.17) is 5.26 Å². The number of nitriles is 1. The molecule has 0 aromatic heterocycles. The summed E-state index contributed by atoms with van der Waals surface area (Å²) in [5.41, 5.74) is 1.41. The van der Waals surface area contributed by atoms with Crippen LogP contribution in [0.2, 0.25) is 0 Å². The van der Waals surface area contributed by atoms with Crippen LogP contribution < -0.4 is 4.90 Å². The molecule has 4 heteroatoms. The molecule has 0 saturated carbocycles. The van der Waals surface area contributed by atoms with Gasteiger partial charge in [0.15, 0.2) is 0 Å². The minimum absolute atomic E-state index is 0.696. The molecule has 0 unspecified atom stereocenters. The maximum atomic E-state index is 8.58. The van der Waals surface area contributed by atoms with Gasteiger partial charge in [0, 0.05) is 37.5 Å². The van der Waals surface area contributed by atoms with E-state index in [1.165, 1.54) is 22.8 Å². The fourth-order valence-electron chi connectivity index (χ4n) is 2.80. The quantitative estimate of drug-likeness (QED) is 0.535. The van der Waals surface area contributed by atoms with Crippen LogP contribution in [0, 0.1) is 11.3 Å². The van der Waals surface area contributed by atoms with Gasteiger partial charge in [0.2, 0.25) is 0 Å². The Morgan fingerprint density at radius 2 is 1.91 bits per heavy atom. The van der Waals surface area contributed by atoms with Crippen LogP contribution in [0.15, 0.2) is 29.2 Å². The zero-order valence-electron chi connectivity index (χ0n) is 13.6. The molecule has 22 heavy (non-hydrogen) atoms. The number of nitrogens with zero attached hydrogens (tertiary/aromatic N) is 3. The summed E-state index contributed by atoms with van der Waals surface area (Å²) in [6.45, 7) is 7.88. The Hall–Kier alpha value is -1.18. The van der Waals surface area contributed by atoms with Gasteiger partial charge in [0.1, 0.15) is 0 Å². The summed E-state index contributed by atoms with van der Waals surface area (Å²) in [7, 11) is 0. The van der Waals surface area contributed by atoms with E-state index in [2.05, 4.69) is 47.1 Å². The Kier molecular flexibility index (Phi) is 7.62. The molecule has 0 bridgehead atoms. The van der Waals surface area contributed by atoms with Crippen molar-refractivity contribution in [1.29, 1.82) is 5.26 Å². The third kappa shape index (κ3) is 5.23. The lowest BCUT2D eigenvalue weighted by Gasteiger charge is -2.37. The van der Waals surface area contributed by atoms with Crippen LogP contribution in [-0.4, -0.2) is 43.4 Å². The summed E-state index contributed by atoms with van der Waals surface area (Å²) in [4.78, 5) is 6.49. The van der Waals surface area contributed by atoms with Crippen molar-refractivity contribution in [3.8, 4) is 6.07 Å². The molecule has 0 atom stereocenters. The highest BCUT2D eigenvalue weighted by Crippen LogP contribution is 2.31. The van der Waals surface area contributed by atoms with Gasteiger partial charge in [0.25, 0.3) is 0 Å². The molecule has 0 spiro atoms. The van der Waals surface area contributed by atoms with Gasteiger partial charge in [-0.2, -0.15) is 5.26 Å². The topological polar surface area (TPSA) is 30.3 Å². The molecule has 1 aliphatic heterocycles. The van der Waals surface area contributed by atoms with E-state index < -0.39 is 0 Å². The summed E-state index contributed by atoms with van der Waals surface area (Å²) in [6.07, 6.45) is 4.10. The smallest absolute Gasteiger partial charge is 0.0621 e. The van der Waals surface area contributed by atoms with Crippen LogP contribution in [0.5, 0.6) is 0 Å². The normalized spacial score (nSPS) is 15.7. The van der Waals surface area contributed by atoms with Gasteiger partial charge in [-0.1, -0.05) is 19.1 Å². The number of para-hydroxylation sites is 1. The van der Waals surface area contributed by atoms with Crippen molar-refractivity contribution in [2.24, 2.45) is 0 Å². The van der Waals surface area contributed by atoms with Gasteiger partial charge in [-0.15, -0.1) is 11.8 Å². The van der Waals surface area contributed by atoms with Crippen molar-refractivity contribution in [3.63, 3.8) is 0 Å². The molecule has 0 aliphatic carbocycles. The first kappa shape index (κ1) is 17.2. The van der Waals surface area contributed by atoms with Crippen LogP contribution in [0.1, 0.15) is 32.6 Å². The van der Waals surface area contributed by atoms with Crippen LogP contribution >= 0.6 is 11.8 Å². The molecule has 1 saturated heterocycles. The SMILES string of the molecule is CCCSc1ccccc1N1CCN(CCCCC#N)CC1. The van der Waals surface area contributed by atoms with Crippen molar-refractivity contribution in [2.45, 2.75) is 37.5 Å². The molecule has 1 aromatic rings. The minimum atomic E-state index is 0.696. The second-order valence-corrected chi connectivity index (χ2v) is 6.90. The average Bonchev–Trinajstić information content (AvgIpc) is 2.58. The number of anilines is 1. The lowest BCUT2D eigenvalue weighted by Crippen LogP contribution is -2.46. The van der Waals surface area contributed by atoms with E-state index in [1.807, 2.05) is 11.8 Å². The fraction of sp³-hybridized carbons (Fsp3) is 0.611. The molecule has 1 aliphatic rings. The van der Waals surface area contributed by atoms with Gasteiger partial charge in [-0.3, -0.25) is 4.90 Å². The number of unbranched alkanes of at least 4 members (excludes halogenated alkanes) is 2. The van der Waals surface area contributed by atoms with Gasteiger partial charge in [-0.05, 0) is 43.7 Å². The number of hydrogen-bond acceptors (Lipinski definition) is 4. The molecule has 1 fully saturated rings. The van der Waals surface area contributed by atoms with E-state index in [1.54, 1.807) is 0 Å². The lowest BCUT2D eigenvalue weighted by molar-refractivity contribution is 0.253. The molecular formula is C18H27N3S. The number of hydrogen-bond donors (Lipinski definition) is 0. The maximum absolute atomic E-state index is 8.58. The monoisotopic (exact) mass is 317 g/mol. The van der Waals surface area contributed by atoms with Crippen molar-refractivity contribution < 1.29 is 0 Å². The lowest BCUT2D eigenvalue weighted by atomic mass is 10.2. The predicted molar refractivity (Wildman–Crippen MR) is 95.6 cm³/mol. The van der Waals surface area contributed by atoms with E-state index in [-0.39, 0.29) is 0 Å². The summed E-state index contributed by atoms with van der Waals surface area (Å²) >= 11 is 1.97. The molecule has 0 N–H and O–H groups in total. The molecule has 0 amide bonds. The van der Waals surface area contributed by atoms with Crippen LogP contribution in [0.25, 0.3) is 0 Å². The Bertz CT molecular complexity index is 475. The Morgan fingerprint density at radius 3 is 2.64 bits per heavy atom. The summed E-state index contributed by atoms with van der Waals surface area (Å²) in [5.74, 6) is 1.19. The molecule has 0 radical (unpaired) electrons. The third-order valence-corrected chi connectivity index (χ3v) is 5.32. The minimum Gasteiger partial charge on any atom is -0.368 e. The summed E-state index contributed by atoms with van der Waals surface area (Å²) in [6, 6.07) is 11.0. The summed E-state index contributed by atoms with van der Waals surface area (Å²) in [5, 5.41) is 8.58. The van der Waals surface area contributed by atoms with Gasteiger partial charge < -0.3 is 4.90 Å². The van der Waals surface area contributed by atoms with Crippen molar-refractivity contribution in [2.75, 3.05) is 43.4 Å². The second-order valence-electron chi connectivity index (χ2n) is 5.76. The first-order chi connectivity index (χ1) is 10.8. The Morgan fingerprint density at radius 1 is 1.14 bits per heavy atom. The zero-order valence-corrected chi connectivity index (χ0v) is 14.4. The average molecular weight is 318 g/mol. The predicted octanol–water partition coefficient (Wildman–Crippen LogP) is 4.00. The number of benzene rings is 1. The van der Waals surface area contributed by atoms with Gasteiger partial charge in [-0.25, -0.2) is 0 Å². The van der Waals surface area contributed by atoms with Crippen molar-refractivity contribution in [1.82, 2.24) is 4.90 Å². The van der Waals surface area contributed by atoms with E-state index in [0.29, 0.717) is 6.42 Å². The number of rotatable bonds is 8. The highest BCUT2D eigenvalue weighted by atomic mass is 32.2. The third-order valence-electron chi connectivity index (χ3n) is 4.05. The largest absolute Gasteiger partial charge is 0.368 e. The second kappa shape index (κ2) is 9.76. The van der Waals surface area contributed by atoms with Crippen LogP contribution in [0.3, 0.4) is 0 Å². The van der Waals surface area contributed by atoms with Gasteiger partial charge >= 0.3 is 0 Å². The molecule has 1 aromatic carbocycles. The number of thioether (sulfide) groups is 1. The van der Waals surface area contributed by atoms with E-state index >= 15 is 0 Å². The molecular weight excluding hydrogens is 290 g/mol. The highest BCUT2D eigenvalue weighted by Gasteiger charge is 2.18. The Labute approximate surface area is 139 Å². The van der Waals surface area contributed by atoms with Crippen LogP contribution in [0.4, 0.5) is 5.69 Å². The molecule has 2 rings (SSSR count). The first-order valence-corrected chi connectivity index (χ1v) is 9.39. The molecule has 3 nitrogen and oxygen atoms in total. The first-order valence-electron chi connectivity index (χ1n) is 8.41. The maximum Gasteiger partial charge on any atom is 0.0621 e. The fourth-order valence-corrected chi connectivity index (χ4v) is 3.75. The molecule has 120 valence electrons. The molecule has 1 heterocycles. The van der Waals surface area contributed by atoms with Crippen molar-refractivity contribution >= 4 is 17.4 Å². The van der Waals surface area contributed by atoms with E-state index in [0.717, 1.165) is 45.6 Å².